The van der Waals surface area contributed by atoms with E-state index in [0.717, 1.165) is 0 Å². The summed E-state index contributed by atoms with van der Waals surface area (Å²) in [6, 6.07) is 4.39. The molecule has 0 atom stereocenters. The van der Waals surface area contributed by atoms with Gasteiger partial charge in [-0.2, -0.15) is 0 Å². The van der Waals surface area contributed by atoms with Crippen LogP contribution in [0.25, 0.3) is 10.9 Å². The van der Waals surface area contributed by atoms with Crippen LogP contribution in [0.3, 0.4) is 0 Å². The highest BCUT2D eigenvalue weighted by Crippen LogP contribution is 2.25. The first kappa shape index (κ1) is 16.5. The summed E-state index contributed by atoms with van der Waals surface area (Å²) in [5, 5.41) is 0.0592. The molecular formula is C15H18FN5O2S. The Bertz CT molecular complexity index is 991. The van der Waals surface area contributed by atoms with Gasteiger partial charge in [0.05, 0.1) is 23.8 Å². The predicted molar refractivity (Wildman–Crippen MR) is 89.8 cm³/mol. The molecule has 2 heterocycles. The molecule has 0 radical (unpaired) electrons. The van der Waals surface area contributed by atoms with Gasteiger partial charge >= 0.3 is 0 Å². The van der Waals surface area contributed by atoms with Crippen LogP contribution in [0.1, 0.15) is 5.69 Å². The minimum Gasteiger partial charge on any atom is -0.360 e. The van der Waals surface area contributed by atoms with Gasteiger partial charge in [0.15, 0.2) is 0 Å². The molecule has 0 amide bonds. The van der Waals surface area contributed by atoms with Gasteiger partial charge in [-0.3, -0.25) is 0 Å². The number of H-pyrrole nitrogens is 1. The molecule has 0 saturated heterocycles. The molecule has 0 fully saturated rings. The van der Waals surface area contributed by atoms with Gasteiger partial charge in [-0.25, -0.2) is 22.5 Å². The highest BCUT2D eigenvalue weighted by atomic mass is 32.2. The number of fused-ring (bicyclic) bond motifs is 1. The monoisotopic (exact) mass is 351 g/mol. The summed E-state index contributed by atoms with van der Waals surface area (Å²) in [4.78, 5) is 8.73. The molecule has 7 nitrogen and oxygen atoms in total. The molecule has 0 aliphatic carbocycles. The van der Waals surface area contributed by atoms with E-state index in [9.17, 15) is 12.8 Å². The second kappa shape index (κ2) is 5.91. The maximum atomic E-state index is 14.0. The van der Waals surface area contributed by atoms with E-state index >= 15 is 0 Å². The molecule has 0 unspecified atom stereocenters. The van der Waals surface area contributed by atoms with Crippen LogP contribution in [-0.4, -0.2) is 37.0 Å². The first-order chi connectivity index (χ1) is 11.3. The summed E-state index contributed by atoms with van der Waals surface area (Å²) in [5.74, 6) is 0.131. The van der Waals surface area contributed by atoms with E-state index in [2.05, 4.69) is 14.7 Å². The standard InChI is InChI=1S/C15H18FN5O2S/c1-20(2)15-18-7-10(21(15)3)8-19-24(22,23)13-9-17-12-6-4-5-11(16)14(12)13/h4-7,9,17,19H,8H2,1-3H3. The Balaban J connectivity index is 1.89. The minimum atomic E-state index is -3.87. The molecule has 24 heavy (non-hydrogen) atoms. The normalized spacial score (nSPS) is 12.0. The summed E-state index contributed by atoms with van der Waals surface area (Å²) in [6.07, 6.45) is 2.90. The maximum absolute atomic E-state index is 14.0. The topological polar surface area (TPSA) is 83.0 Å². The van der Waals surface area contributed by atoms with Crippen LogP contribution in [0.2, 0.25) is 0 Å². The molecule has 3 aromatic rings. The van der Waals surface area contributed by atoms with Crippen molar-refractivity contribution in [2.75, 3.05) is 19.0 Å². The third-order valence-electron chi connectivity index (χ3n) is 3.81. The maximum Gasteiger partial charge on any atom is 0.243 e. The predicted octanol–water partition coefficient (Wildman–Crippen LogP) is 1.58. The van der Waals surface area contributed by atoms with Gasteiger partial charge in [-0.1, -0.05) is 6.07 Å². The number of nitrogens with zero attached hydrogens (tertiary/aromatic N) is 3. The van der Waals surface area contributed by atoms with Crippen molar-refractivity contribution in [3.05, 3.63) is 42.1 Å². The summed E-state index contributed by atoms with van der Waals surface area (Å²) in [6.45, 7) is 0.0563. The average molecular weight is 351 g/mol. The Hall–Kier alpha value is -2.39. The van der Waals surface area contributed by atoms with Gasteiger partial charge in [0.1, 0.15) is 10.7 Å². The third kappa shape index (κ3) is 2.76. The minimum absolute atomic E-state index is 0.0563. The fourth-order valence-electron chi connectivity index (χ4n) is 2.58. The second-order valence-corrected chi connectivity index (χ2v) is 7.38. The molecule has 2 aromatic heterocycles. The van der Waals surface area contributed by atoms with E-state index in [-0.39, 0.29) is 16.8 Å². The Morgan fingerprint density at radius 2 is 2.12 bits per heavy atom. The lowest BCUT2D eigenvalue weighted by Gasteiger charge is -2.13. The highest BCUT2D eigenvalue weighted by Gasteiger charge is 2.21. The van der Waals surface area contributed by atoms with Crippen molar-refractivity contribution >= 4 is 26.9 Å². The van der Waals surface area contributed by atoms with E-state index in [0.29, 0.717) is 17.2 Å². The molecule has 128 valence electrons. The van der Waals surface area contributed by atoms with Gasteiger partial charge in [-0.15, -0.1) is 0 Å². The van der Waals surface area contributed by atoms with E-state index in [1.165, 1.54) is 18.3 Å². The lowest BCUT2D eigenvalue weighted by molar-refractivity contribution is 0.578. The van der Waals surface area contributed by atoms with Crippen LogP contribution in [-0.2, 0) is 23.6 Å². The summed E-state index contributed by atoms with van der Waals surface area (Å²) in [5.41, 5.74) is 1.13. The van der Waals surface area contributed by atoms with Gasteiger partial charge in [0.25, 0.3) is 0 Å². The number of aromatic nitrogens is 3. The fourth-order valence-corrected chi connectivity index (χ4v) is 3.77. The molecule has 9 heteroatoms. The molecule has 3 rings (SSSR count). The molecule has 0 bridgehead atoms. The lowest BCUT2D eigenvalue weighted by atomic mass is 10.2. The Labute approximate surface area is 139 Å². The number of hydrogen-bond acceptors (Lipinski definition) is 4. The van der Waals surface area contributed by atoms with E-state index < -0.39 is 15.8 Å². The van der Waals surface area contributed by atoms with Crippen LogP contribution in [0.5, 0.6) is 0 Å². The molecule has 1 aromatic carbocycles. The van der Waals surface area contributed by atoms with Crippen molar-refractivity contribution < 1.29 is 12.8 Å². The third-order valence-corrected chi connectivity index (χ3v) is 5.24. The van der Waals surface area contributed by atoms with Gasteiger partial charge in [0, 0.05) is 32.9 Å². The summed E-state index contributed by atoms with van der Waals surface area (Å²) >= 11 is 0. The highest BCUT2D eigenvalue weighted by molar-refractivity contribution is 7.89. The Morgan fingerprint density at radius 1 is 1.38 bits per heavy atom. The van der Waals surface area contributed by atoms with Crippen LogP contribution in [0.15, 0.2) is 35.5 Å². The number of halogens is 1. The number of benzene rings is 1. The fraction of sp³-hybridized carbons (Fsp3) is 0.267. The first-order valence-electron chi connectivity index (χ1n) is 7.24. The number of nitrogens with one attached hydrogen (secondary N) is 2. The smallest absolute Gasteiger partial charge is 0.243 e. The van der Waals surface area contributed by atoms with Crippen LogP contribution in [0, 0.1) is 5.82 Å². The van der Waals surface area contributed by atoms with Crippen molar-refractivity contribution in [3.63, 3.8) is 0 Å². The van der Waals surface area contributed by atoms with E-state index in [1.54, 1.807) is 23.9 Å². The van der Waals surface area contributed by atoms with Crippen molar-refractivity contribution in [2.45, 2.75) is 11.4 Å². The largest absolute Gasteiger partial charge is 0.360 e. The van der Waals surface area contributed by atoms with Crippen molar-refractivity contribution in [3.8, 4) is 0 Å². The SMILES string of the molecule is CN(C)c1ncc(CNS(=O)(=O)c2c[nH]c3cccc(F)c23)n1C. The number of hydrogen-bond donors (Lipinski definition) is 2. The lowest BCUT2D eigenvalue weighted by Crippen LogP contribution is -2.24. The van der Waals surface area contributed by atoms with E-state index in [4.69, 9.17) is 0 Å². The Kier molecular flexibility index (Phi) is 4.06. The van der Waals surface area contributed by atoms with Gasteiger partial charge < -0.3 is 14.5 Å². The molecule has 0 spiro atoms. The average Bonchev–Trinajstić information content (AvgIpc) is 3.10. The number of aromatic amines is 1. The Morgan fingerprint density at radius 3 is 2.79 bits per heavy atom. The number of anilines is 1. The number of sulfonamides is 1. The summed E-state index contributed by atoms with van der Waals surface area (Å²) in [7, 11) is 1.64. The van der Waals surface area contributed by atoms with Crippen LogP contribution < -0.4 is 9.62 Å². The van der Waals surface area contributed by atoms with Crippen molar-refractivity contribution in [1.82, 2.24) is 19.3 Å². The zero-order chi connectivity index (χ0) is 17.5. The van der Waals surface area contributed by atoms with Gasteiger partial charge in [-0.05, 0) is 12.1 Å². The number of imidazole rings is 1. The molecule has 0 aliphatic rings. The van der Waals surface area contributed by atoms with Crippen molar-refractivity contribution in [2.24, 2.45) is 7.05 Å². The molecule has 0 saturated carbocycles. The van der Waals surface area contributed by atoms with Crippen LogP contribution >= 0.6 is 0 Å². The zero-order valence-electron chi connectivity index (χ0n) is 13.5. The second-order valence-electron chi connectivity index (χ2n) is 5.64. The molecular weight excluding hydrogens is 333 g/mol. The van der Waals surface area contributed by atoms with E-state index in [1.807, 2.05) is 19.0 Å². The molecule has 2 N–H and O–H groups in total. The quantitative estimate of drug-likeness (QED) is 0.731. The molecule has 0 aliphatic heterocycles. The van der Waals surface area contributed by atoms with Crippen molar-refractivity contribution in [1.29, 1.82) is 0 Å². The first-order valence-corrected chi connectivity index (χ1v) is 8.73. The summed E-state index contributed by atoms with van der Waals surface area (Å²) < 4.78 is 43.4. The number of rotatable bonds is 5. The van der Waals surface area contributed by atoms with Gasteiger partial charge in [0.2, 0.25) is 16.0 Å². The van der Waals surface area contributed by atoms with Crippen LogP contribution in [0.4, 0.5) is 10.3 Å². The zero-order valence-corrected chi connectivity index (χ0v) is 14.4.